The first-order chi connectivity index (χ1) is 13.3. The van der Waals surface area contributed by atoms with E-state index in [0.717, 1.165) is 36.3 Å². The molecule has 0 fully saturated rings. The molecule has 1 heterocycles. The number of fused-ring (bicyclic) bond motifs is 2. The average molecular weight is 380 g/mol. The highest BCUT2D eigenvalue weighted by Crippen LogP contribution is 2.42. The molecule has 148 valence electrons. The molecule has 0 aromatic heterocycles. The largest absolute Gasteiger partial charge is 0.492 e. The van der Waals surface area contributed by atoms with Crippen molar-refractivity contribution < 1.29 is 19.4 Å². The second-order valence-electron chi connectivity index (χ2n) is 9.17. The average Bonchev–Trinajstić information content (AvgIpc) is 3.18. The van der Waals surface area contributed by atoms with Gasteiger partial charge in [-0.3, -0.25) is 4.79 Å². The molecule has 0 bridgehead atoms. The Morgan fingerprint density at radius 3 is 2.79 bits per heavy atom. The number of benzene rings is 2. The number of carboxylic acid groups (broad SMARTS) is 1. The van der Waals surface area contributed by atoms with E-state index in [9.17, 15) is 4.79 Å². The molecule has 1 aliphatic carbocycles. The minimum Gasteiger partial charge on any atom is -0.492 e. The van der Waals surface area contributed by atoms with Crippen LogP contribution in [0.25, 0.3) is 0 Å². The number of carboxylic acids is 1. The Kier molecular flexibility index (Phi) is 4.82. The Morgan fingerprint density at radius 2 is 2.04 bits per heavy atom. The molecule has 2 aromatic carbocycles. The lowest BCUT2D eigenvalue weighted by atomic mass is 9.85. The Balaban J connectivity index is 1.52. The van der Waals surface area contributed by atoms with Crippen LogP contribution in [0.15, 0.2) is 36.4 Å². The summed E-state index contributed by atoms with van der Waals surface area (Å²) in [6.45, 7) is 7.25. The zero-order valence-electron chi connectivity index (χ0n) is 16.8. The summed E-state index contributed by atoms with van der Waals surface area (Å²) >= 11 is 0. The molecule has 4 heteroatoms. The number of rotatable bonds is 5. The molecule has 2 aromatic rings. The van der Waals surface area contributed by atoms with Gasteiger partial charge in [-0.2, -0.15) is 0 Å². The molecule has 0 amide bonds. The molecule has 0 saturated heterocycles. The monoisotopic (exact) mass is 380 g/mol. The molecule has 0 spiro atoms. The summed E-state index contributed by atoms with van der Waals surface area (Å²) in [6.07, 6.45) is 3.26. The summed E-state index contributed by atoms with van der Waals surface area (Å²) in [7, 11) is 0. The summed E-state index contributed by atoms with van der Waals surface area (Å²) in [4.78, 5) is 11.0. The van der Waals surface area contributed by atoms with Gasteiger partial charge in [0, 0.05) is 17.5 Å². The first-order valence-corrected chi connectivity index (χ1v) is 10.1. The van der Waals surface area contributed by atoms with E-state index in [4.69, 9.17) is 14.6 Å². The van der Waals surface area contributed by atoms with Crippen LogP contribution in [0.1, 0.15) is 67.9 Å². The van der Waals surface area contributed by atoms with Gasteiger partial charge in [0.05, 0.1) is 13.0 Å². The van der Waals surface area contributed by atoms with Crippen molar-refractivity contribution >= 4 is 5.97 Å². The Bertz CT molecular complexity index is 894. The molecule has 4 nitrogen and oxygen atoms in total. The van der Waals surface area contributed by atoms with Gasteiger partial charge in [-0.1, -0.05) is 45.0 Å². The van der Waals surface area contributed by atoms with Gasteiger partial charge in [-0.05, 0) is 47.4 Å². The maximum atomic E-state index is 11.0. The third-order valence-electron chi connectivity index (χ3n) is 5.60. The number of carbonyl (C=O) groups is 1. The quantitative estimate of drug-likeness (QED) is 0.765. The Labute approximate surface area is 166 Å². The van der Waals surface area contributed by atoms with Crippen molar-refractivity contribution in [1.29, 1.82) is 0 Å². The van der Waals surface area contributed by atoms with E-state index in [-0.39, 0.29) is 23.9 Å². The summed E-state index contributed by atoms with van der Waals surface area (Å²) < 4.78 is 12.0. The van der Waals surface area contributed by atoms with Crippen LogP contribution < -0.4 is 9.47 Å². The second kappa shape index (κ2) is 7.16. The molecular formula is C24H28O4. The van der Waals surface area contributed by atoms with Crippen molar-refractivity contribution in [2.75, 3.05) is 6.61 Å². The normalized spacial score (nSPS) is 20.4. The Hall–Kier alpha value is -2.49. The van der Waals surface area contributed by atoms with Gasteiger partial charge in [0.1, 0.15) is 17.6 Å². The van der Waals surface area contributed by atoms with E-state index in [2.05, 4.69) is 39.0 Å². The summed E-state index contributed by atoms with van der Waals surface area (Å²) in [5.41, 5.74) is 5.41. The van der Waals surface area contributed by atoms with Crippen molar-refractivity contribution in [1.82, 2.24) is 0 Å². The van der Waals surface area contributed by atoms with Crippen molar-refractivity contribution in [3.05, 3.63) is 58.7 Å². The van der Waals surface area contributed by atoms with Crippen LogP contribution in [0.5, 0.6) is 11.5 Å². The zero-order valence-corrected chi connectivity index (χ0v) is 16.8. The lowest BCUT2D eigenvalue weighted by Crippen LogP contribution is -2.11. The first kappa shape index (κ1) is 18.9. The van der Waals surface area contributed by atoms with Gasteiger partial charge in [0.25, 0.3) is 0 Å². The third kappa shape index (κ3) is 3.87. The standard InChI is InChI=1S/C24H28O4/c1-24(2,3)13-15-5-4-6-20-18(15)9-10-21(20)28-17-7-8-19-16(11-23(25)26)14-27-22(19)12-17/h4-8,12,16,21H,9-11,13-14H2,1-3H3,(H,25,26)/t16?,21-/m1/s1. The number of hydrogen-bond acceptors (Lipinski definition) is 3. The molecule has 1 unspecified atom stereocenters. The molecule has 2 aliphatic rings. The highest BCUT2D eigenvalue weighted by atomic mass is 16.5. The van der Waals surface area contributed by atoms with Gasteiger partial charge in [-0.15, -0.1) is 0 Å². The molecule has 2 atom stereocenters. The fraction of sp³-hybridized carbons (Fsp3) is 0.458. The summed E-state index contributed by atoms with van der Waals surface area (Å²) in [5, 5.41) is 9.05. The second-order valence-corrected chi connectivity index (χ2v) is 9.17. The SMILES string of the molecule is CC(C)(C)Cc1cccc2c1CC[C@H]2Oc1ccc2c(c1)OCC2CC(=O)O. The van der Waals surface area contributed by atoms with Crippen molar-refractivity contribution in [3.8, 4) is 11.5 Å². The smallest absolute Gasteiger partial charge is 0.304 e. The van der Waals surface area contributed by atoms with Gasteiger partial charge in [-0.25, -0.2) is 0 Å². The molecule has 0 radical (unpaired) electrons. The van der Waals surface area contributed by atoms with E-state index in [0.29, 0.717) is 6.61 Å². The fourth-order valence-electron chi connectivity index (χ4n) is 4.43. The van der Waals surface area contributed by atoms with Gasteiger partial charge in [0.2, 0.25) is 0 Å². The highest BCUT2D eigenvalue weighted by Gasteiger charge is 2.29. The minimum absolute atomic E-state index is 0.0594. The number of aliphatic carboxylic acids is 1. The van der Waals surface area contributed by atoms with E-state index in [1.807, 2.05) is 18.2 Å². The molecule has 4 rings (SSSR count). The molecular weight excluding hydrogens is 352 g/mol. The van der Waals surface area contributed by atoms with Crippen LogP contribution in [0.3, 0.4) is 0 Å². The molecule has 1 N–H and O–H groups in total. The van der Waals surface area contributed by atoms with Crippen molar-refractivity contribution in [2.24, 2.45) is 5.41 Å². The van der Waals surface area contributed by atoms with Gasteiger partial charge >= 0.3 is 5.97 Å². The topological polar surface area (TPSA) is 55.8 Å². The predicted octanol–water partition coefficient (Wildman–Crippen LogP) is 5.29. The van der Waals surface area contributed by atoms with Crippen LogP contribution in [0.2, 0.25) is 0 Å². The van der Waals surface area contributed by atoms with Crippen LogP contribution in [0, 0.1) is 5.41 Å². The lowest BCUT2D eigenvalue weighted by Gasteiger charge is -2.21. The minimum atomic E-state index is -0.796. The van der Waals surface area contributed by atoms with E-state index >= 15 is 0 Å². The number of ether oxygens (including phenoxy) is 2. The van der Waals surface area contributed by atoms with Gasteiger partial charge < -0.3 is 14.6 Å². The Morgan fingerprint density at radius 1 is 1.21 bits per heavy atom. The lowest BCUT2D eigenvalue weighted by molar-refractivity contribution is -0.137. The zero-order chi connectivity index (χ0) is 19.9. The summed E-state index contributed by atoms with van der Waals surface area (Å²) in [5.74, 6) is 0.668. The van der Waals surface area contributed by atoms with E-state index < -0.39 is 5.97 Å². The van der Waals surface area contributed by atoms with Crippen LogP contribution in [-0.4, -0.2) is 17.7 Å². The van der Waals surface area contributed by atoms with Crippen LogP contribution in [0.4, 0.5) is 0 Å². The highest BCUT2D eigenvalue weighted by molar-refractivity contribution is 5.68. The predicted molar refractivity (Wildman–Crippen MR) is 108 cm³/mol. The van der Waals surface area contributed by atoms with Gasteiger partial charge in [0.15, 0.2) is 0 Å². The van der Waals surface area contributed by atoms with Crippen molar-refractivity contribution in [2.45, 2.75) is 58.5 Å². The molecule has 28 heavy (non-hydrogen) atoms. The van der Waals surface area contributed by atoms with Crippen LogP contribution in [-0.2, 0) is 17.6 Å². The molecule has 1 aliphatic heterocycles. The number of hydrogen-bond donors (Lipinski definition) is 1. The first-order valence-electron chi connectivity index (χ1n) is 10.1. The maximum Gasteiger partial charge on any atom is 0.304 e. The molecule has 0 saturated carbocycles. The third-order valence-corrected chi connectivity index (χ3v) is 5.60. The van der Waals surface area contributed by atoms with E-state index in [1.165, 1.54) is 16.7 Å². The van der Waals surface area contributed by atoms with Crippen LogP contribution >= 0.6 is 0 Å². The maximum absolute atomic E-state index is 11.0. The van der Waals surface area contributed by atoms with Crippen molar-refractivity contribution in [3.63, 3.8) is 0 Å². The summed E-state index contributed by atoms with van der Waals surface area (Å²) in [6, 6.07) is 12.4. The van der Waals surface area contributed by atoms with E-state index in [1.54, 1.807) is 0 Å². The fourth-order valence-corrected chi connectivity index (χ4v) is 4.43.